The Balaban J connectivity index is 2.85. The molecule has 0 aliphatic rings. The van der Waals surface area contributed by atoms with Gasteiger partial charge >= 0.3 is 0 Å². The maximum atomic E-state index is 10.5. The molecule has 13 heavy (non-hydrogen) atoms. The van der Waals surface area contributed by atoms with Crippen LogP contribution >= 0.6 is 11.3 Å². The Bertz CT molecular complexity index is 330. The average Bonchev–Trinajstić information content (AvgIpc) is 2.43. The zero-order valence-corrected chi connectivity index (χ0v) is 8.63. The molecule has 0 aromatic carbocycles. The van der Waals surface area contributed by atoms with Gasteiger partial charge in [0.1, 0.15) is 0 Å². The van der Waals surface area contributed by atoms with Crippen LogP contribution < -0.4 is 0 Å². The Morgan fingerprint density at radius 3 is 2.69 bits per heavy atom. The molecule has 0 atom stereocenters. The number of rotatable bonds is 3. The van der Waals surface area contributed by atoms with Crippen molar-refractivity contribution in [3.05, 3.63) is 10.6 Å². The molecule has 0 bridgehead atoms. The molecule has 0 spiro atoms. The van der Waals surface area contributed by atoms with Gasteiger partial charge in [-0.25, -0.2) is 9.98 Å². The fourth-order valence-electron chi connectivity index (χ4n) is 0.723. The molecule has 0 fully saturated rings. The predicted molar refractivity (Wildman–Crippen MR) is 54.1 cm³/mol. The van der Waals surface area contributed by atoms with Crippen LogP contribution in [0.25, 0.3) is 0 Å². The average molecular weight is 197 g/mol. The van der Waals surface area contributed by atoms with Crippen molar-refractivity contribution in [1.29, 1.82) is 0 Å². The number of thiazole rings is 1. The third-order valence-electron chi connectivity index (χ3n) is 1.33. The molecular formula is C8H11N3OS. The number of aliphatic imine (C=N–C) groups is 1. The number of carbonyl (C=O) groups excluding carboxylic acids is 1. The number of aryl methyl sites for hydroxylation is 1. The van der Waals surface area contributed by atoms with E-state index in [2.05, 4.69) is 9.98 Å². The molecule has 1 aromatic heterocycles. The summed E-state index contributed by atoms with van der Waals surface area (Å²) in [4.78, 5) is 21.1. The molecule has 1 heterocycles. The Hall–Kier alpha value is -1.23. The van der Waals surface area contributed by atoms with Crippen LogP contribution in [0.1, 0.15) is 15.4 Å². The van der Waals surface area contributed by atoms with Crippen molar-refractivity contribution in [1.82, 2.24) is 9.88 Å². The monoisotopic (exact) mass is 197 g/mol. The van der Waals surface area contributed by atoms with E-state index in [0.717, 1.165) is 12.0 Å². The first-order chi connectivity index (χ1) is 6.13. The van der Waals surface area contributed by atoms with Crippen molar-refractivity contribution in [2.24, 2.45) is 4.99 Å². The van der Waals surface area contributed by atoms with E-state index in [-0.39, 0.29) is 0 Å². The van der Waals surface area contributed by atoms with E-state index in [9.17, 15) is 4.79 Å². The van der Waals surface area contributed by atoms with Gasteiger partial charge in [-0.1, -0.05) is 11.3 Å². The second-order valence-corrected chi connectivity index (χ2v) is 3.78. The molecule has 0 saturated carbocycles. The van der Waals surface area contributed by atoms with Gasteiger partial charge in [-0.2, -0.15) is 0 Å². The van der Waals surface area contributed by atoms with Crippen molar-refractivity contribution in [2.45, 2.75) is 6.92 Å². The lowest BCUT2D eigenvalue weighted by Gasteiger charge is -1.99. The Morgan fingerprint density at radius 2 is 2.23 bits per heavy atom. The first-order valence-corrected chi connectivity index (χ1v) is 4.58. The van der Waals surface area contributed by atoms with Gasteiger partial charge in [0.2, 0.25) is 5.13 Å². The lowest BCUT2D eigenvalue weighted by molar-refractivity contribution is 0.112. The van der Waals surface area contributed by atoms with Crippen molar-refractivity contribution in [3.8, 4) is 0 Å². The van der Waals surface area contributed by atoms with Gasteiger partial charge < -0.3 is 4.90 Å². The molecule has 0 unspecified atom stereocenters. The molecule has 0 saturated heterocycles. The van der Waals surface area contributed by atoms with E-state index >= 15 is 0 Å². The van der Waals surface area contributed by atoms with Crippen LogP contribution in [-0.4, -0.2) is 36.6 Å². The predicted octanol–water partition coefficient (Wildman–Crippen LogP) is 1.49. The number of carbonyl (C=O) groups is 1. The van der Waals surface area contributed by atoms with Crippen LogP contribution in [-0.2, 0) is 0 Å². The van der Waals surface area contributed by atoms with Crippen LogP contribution in [0.5, 0.6) is 0 Å². The minimum absolute atomic E-state index is 0.619. The van der Waals surface area contributed by atoms with Gasteiger partial charge in [0.15, 0.2) is 6.29 Å². The minimum atomic E-state index is 0.619. The molecule has 1 rings (SSSR count). The van der Waals surface area contributed by atoms with E-state index in [1.165, 1.54) is 11.3 Å². The van der Waals surface area contributed by atoms with Crippen molar-refractivity contribution < 1.29 is 4.79 Å². The molecule has 1 aromatic rings. The van der Waals surface area contributed by atoms with Crippen LogP contribution in [0, 0.1) is 6.92 Å². The van der Waals surface area contributed by atoms with Crippen molar-refractivity contribution >= 4 is 29.1 Å². The van der Waals surface area contributed by atoms with E-state index in [4.69, 9.17) is 0 Å². The summed E-state index contributed by atoms with van der Waals surface area (Å²) in [6, 6.07) is 0. The van der Waals surface area contributed by atoms with Gasteiger partial charge in [-0.3, -0.25) is 4.79 Å². The number of nitrogens with zero attached hydrogens (tertiary/aromatic N) is 3. The van der Waals surface area contributed by atoms with Gasteiger partial charge in [-0.05, 0) is 6.92 Å². The summed E-state index contributed by atoms with van der Waals surface area (Å²) in [7, 11) is 3.76. The molecule has 0 radical (unpaired) electrons. The quantitative estimate of drug-likeness (QED) is 0.419. The van der Waals surface area contributed by atoms with E-state index < -0.39 is 0 Å². The number of hydrogen-bond acceptors (Lipinski definition) is 4. The Kier molecular flexibility index (Phi) is 3.13. The molecular weight excluding hydrogens is 186 g/mol. The smallest absolute Gasteiger partial charge is 0.211 e. The Morgan fingerprint density at radius 1 is 1.54 bits per heavy atom. The molecule has 70 valence electrons. The highest BCUT2D eigenvalue weighted by molar-refractivity contribution is 7.17. The highest BCUT2D eigenvalue weighted by atomic mass is 32.1. The normalized spacial score (nSPS) is 10.7. The second-order valence-electron chi connectivity index (χ2n) is 2.77. The van der Waals surface area contributed by atoms with Gasteiger partial charge in [0.05, 0.1) is 16.9 Å². The van der Waals surface area contributed by atoms with E-state index in [1.54, 1.807) is 13.3 Å². The first kappa shape index (κ1) is 9.85. The lowest BCUT2D eigenvalue weighted by atomic mass is 10.4. The first-order valence-electron chi connectivity index (χ1n) is 3.76. The number of hydrogen-bond donors (Lipinski definition) is 0. The second kappa shape index (κ2) is 4.13. The van der Waals surface area contributed by atoms with Gasteiger partial charge in [0, 0.05) is 14.1 Å². The number of aldehydes is 1. The van der Waals surface area contributed by atoms with Crippen molar-refractivity contribution in [2.75, 3.05) is 14.1 Å². The molecule has 0 amide bonds. The largest absolute Gasteiger partial charge is 0.369 e. The fraction of sp³-hybridized carbons (Fsp3) is 0.375. The van der Waals surface area contributed by atoms with Gasteiger partial charge in [-0.15, -0.1) is 0 Å². The van der Waals surface area contributed by atoms with Crippen molar-refractivity contribution in [3.63, 3.8) is 0 Å². The van der Waals surface area contributed by atoms with Crippen LogP contribution in [0.15, 0.2) is 4.99 Å². The number of aromatic nitrogens is 1. The molecule has 0 N–H and O–H groups in total. The van der Waals surface area contributed by atoms with Crippen LogP contribution in [0.2, 0.25) is 0 Å². The highest BCUT2D eigenvalue weighted by Crippen LogP contribution is 2.22. The third kappa shape index (κ3) is 2.62. The zero-order valence-electron chi connectivity index (χ0n) is 7.81. The SMILES string of the molecule is Cc1nc(/N=C/N(C)C)sc1C=O. The molecule has 0 aliphatic carbocycles. The summed E-state index contributed by atoms with van der Waals surface area (Å²) in [5.41, 5.74) is 0.742. The third-order valence-corrected chi connectivity index (χ3v) is 2.32. The summed E-state index contributed by atoms with van der Waals surface area (Å²) in [5, 5.41) is 0.619. The molecule has 0 aliphatic heterocycles. The van der Waals surface area contributed by atoms with E-state index in [0.29, 0.717) is 10.0 Å². The molecule has 4 nitrogen and oxygen atoms in total. The standard InChI is InChI=1S/C8H11N3OS/c1-6-7(4-12)13-8(10-6)9-5-11(2)3/h4-5H,1-3H3/b9-5+. The molecule has 5 heteroatoms. The maximum absolute atomic E-state index is 10.5. The minimum Gasteiger partial charge on any atom is -0.369 e. The maximum Gasteiger partial charge on any atom is 0.211 e. The van der Waals surface area contributed by atoms with Crippen LogP contribution in [0.3, 0.4) is 0 Å². The Labute approximate surface area is 80.9 Å². The summed E-state index contributed by atoms with van der Waals surface area (Å²) in [5.74, 6) is 0. The summed E-state index contributed by atoms with van der Waals surface area (Å²) in [6.45, 7) is 1.80. The highest BCUT2D eigenvalue weighted by Gasteiger charge is 2.04. The zero-order chi connectivity index (χ0) is 9.84. The van der Waals surface area contributed by atoms with Crippen LogP contribution in [0.4, 0.5) is 5.13 Å². The summed E-state index contributed by atoms with van der Waals surface area (Å²) >= 11 is 1.30. The lowest BCUT2D eigenvalue weighted by Crippen LogP contribution is -2.06. The van der Waals surface area contributed by atoms with Gasteiger partial charge in [0.25, 0.3) is 0 Å². The summed E-state index contributed by atoms with van der Waals surface area (Å²) in [6.07, 6.45) is 2.47. The summed E-state index contributed by atoms with van der Waals surface area (Å²) < 4.78 is 0. The van der Waals surface area contributed by atoms with E-state index in [1.807, 2.05) is 19.0 Å². The topological polar surface area (TPSA) is 45.6 Å². The fourth-order valence-corrected chi connectivity index (χ4v) is 1.44.